The number of rotatable bonds is 1. The molecule has 0 spiro atoms. The Kier molecular flexibility index (Phi) is 1.98. The summed E-state index contributed by atoms with van der Waals surface area (Å²) >= 11 is 6.01. The van der Waals surface area contributed by atoms with Gasteiger partial charge < -0.3 is 10.1 Å². The van der Waals surface area contributed by atoms with Gasteiger partial charge in [0.25, 0.3) is 0 Å². The van der Waals surface area contributed by atoms with E-state index in [2.05, 4.69) is 4.98 Å². The number of aromatic nitrogens is 2. The third kappa shape index (κ3) is 1.41. The van der Waals surface area contributed by atoms with E-state index in [9.17, 15) is 0 Å². The molecule has 68 valence electrons. The highest BCUT2D eigenvalue weighted by Crippen LogP contribution is 2.18. The maximum Gasteiger partial charge on any atom is 0.155 e. The molecule has 0 amide bonds. The van der Waals surface area contributed by atoms with E-state index < -0.39 is 0 Å². The molecule has 0 aliphatic rings. The first-order valence-electron chi connectivity index (χ1n) is 4.04. The first-order valence-corrected chi connectivity index (χ1v) is 4.42. The average molecular weight is 196 g/mol. The van der Waals surface area contributed by atoms with Gasteiger partial charge in [-0.1, -0.05) is 11.6 Å². The highest BCUT2D eigenvalue weighted by atomic mass is 35.5. The summed E-state index contributed by atoms with van der Waals surface area (Å²) in [6, 6.07) is 1.89. The standard InChI is InChI=1S/C9H10ClN3/c1-6-2-8(10)9-12-7(3-11)5-13(9)4-6/h2,4-5H,3,11H2,1H3. The fraction of sp³-hybridized carbons (Fsp3) is 0.222. The minimum absolute atomic E-state index is 0.442. The summed E-state index contributed by atoms with van der Waals surface area (Å²) in [4.78, 5) is 4.28. The summed E-state index contributed by atoms with van der Waals surface area (Å²) in [5.74, 6) is 0. The van der Waals surface area contributed by atoms with Crippen molar-refractivity contribution in [2.75, 3.05) is 0 Å². The molecule has 0 aromatic carbocycles. The van der Waals surface area contributed by atoms with Crippen LogP contribution in [-0.4, -0.2) is 9.38 Å². The third-order valence-corrected chi connectivity index (χ3v) is 2.18. The summed E-state index contributed by atoms with van der Waals surface area (Å²) in [5, 5.41) is 0.666. The first kappa shape index (κ1) is 8.53. The monoisotopic (exact) mass is 195 g/mol. The van der Waals surface area contributed by atoms with Gasteiger partial charge in [0.05, 0.1) is 10.7 Å². The van der Waals surface area contributed by atoms with E-state index >= 15 is 0 Å². The highest BCUT2D eigenvalue weighted by Gasteiger charge is 2.04. The summed E-state index contributed by atoms with van der Waals surface area (Å²) in [5.41, 5.74) is 8.22. The number of nitrogens with two attached hydrogens (primary N) is 1. The minimum atomic E-state index is 0.442. The van der Waals surface area contributed by atoms with E-state index in [1.54, 1.807) is 0 Å². The summed E-state index contributed by atoms with van der Waals surface area (Å²) in [6.07, 6.45) is 3.88. The van der Waals surface area contributed by atoms with E-state index in [1.807, 2.05) is 29.8 Å². The van der Waals surface area contributed by atoms with Crippen LogP contribution in [0, 0.1) is 6.92 Å². The second-order valence-corrected chi connectivity index (χ2v) is 3.44. The van der Waals surface area contributed by atoms with Gasteiger partial charge in [0.1, 0.15) is 0 Å². The van der Waals surface area contributed by atoms with Crippen molar-refractivity contribution >= 4 is 17.2 Å². The molecule has 13 heavy (non-hydrogen) atoms. The largest absolute Gasteiger partial charge is 0.325 e. The Morgan fingerprint density at radius 2 is 2.31 bits per heavy atom. The molecular formula is C9H10ClN3. The van der Waals surface area contributed by atoms with Crippen molar-refractivity contribution in [2.24, 2.45) is 5.73 Å². The zero-order chi connectivity index (χ0) is 9.42. The van der Waals surface area contributed by atoms with E-state index in [-0.39, 0.29) is 0 Å². The van der Waals surface area contributed by atoms with E-state index in [4.69, 9.17) is 17.3 Å². The molecule has 2 heterocycles. The smallest absolute Gasteiger partial charge is 0.155 e. The molecule has 2 N–H and O–H groups in total. The quantitative estimate of drug-likeness (QED) is 0.754. The predicted molar refractivity (Wildman–Crippen MR) is 52.8 cm³/mol. The molecule has 4 heteroatoms. The van der Waals surface area contributed by atoms with Gasteiger partial charge in [-0.05, 0) is 18.6 Å². The fourth-order valence-corrected chi connectivity index (χ4v) is 1.65. The lowest BCUT2D eigenvalue weighted by molar-refractivity contribution is 1.01. The van der Waals surface area contributed by atoms with Gasteiger partial charge in [-0.25, -0.2) is 4.98 Å². The normalized spacial score (nSPS) is 11.0. The molecule has 0 unspecified atom stereocenters. The molecule has 2 aromatic heterocycles. The highest BCUT2D eigenvalue weighted by molar-refractivity contribution is 6.33. The molecule has 0 atom stereocenters. The molecule has 0 saturated carbocycles. The molecule has 0 aliphatic carbocycles. The molecule has 0 aliphatic heterocycles. The van der Waals surface area contributed by atoms with Crippen LogP contribution in [0.1, 0.15) is 11.3 Å². The van der Waals surface area contributed by atoms with Crippen molar-refractivity contribution in [1.82, 2.24) is 9.38 Å². The summed E-state index contributed by atoms with van der Waals surface area (Å²) in [7, 11) is 0. The van der Waals surface area contributed by atoms with Crippen LogP contribution in [0.25, 0.3) is 5.65 Å². The molecule has 2 aromatic rings. The lowest BCUT2D eigenvalue weighted by Crippen LogP contribution is -1.95. The van der Waals surface area contributed by atoms with Crippen LogP contribution >= 0.6 is 11.6 Å². The average Bonchev–Trinajstić information content (AvgIpc) is 2.47. The van der Waals surface area contributed by atoms with Gasteiger partial charge in [-0.3, -0.25) is 0 Å². The number of hydrogen-bond acceptors (Lipinski definition) is 2. The molecule has 0 fully saturated rings. The van der Waals surface area contributed by atoms with Crippen LogP contribution in [-0.2, 0) is 6.54 Å². The van der Waals surface area contributed by atoms with Crippen molar-refractivity contribution in [1.29, 1.82) is 0 Å². The lowest BCUT2D eigenvalue weighted by Gasteiger charge is -1.97. The molecular weight excluding hydrogens is 186 g/mol. The Hall–Kier alpha value is -1.06. The number of hydrogen-bond donors (Lipinski definition) is 1. The number of halogens is 1. The van der Waals surface area contributed by atoms with Crippen molar-refractivity contribution in [2.45, 2.75) is 13.5 Å². The van der Waals surface area contributed by atoms with Gasteiger partial charge in [0.15, 0.2) is 5.65 Å². The maximum atomic E-state index is 6.01. The fourth-order valence-electron chi connectivity index (χ4n) is 1.34. The van der Waals surface area contributed by atoms with Crippen molar-refractivity contribution < 1.29 is 0 Å². The Morgan fingerprint density at radius 3 is 3.00 bits per heavy atom. The number of nitrogens with zero attached hydrogens (tertiary/aromatic N) is 2. The Balaban J connectivity index is 2.75. The molecule has 3 nitrogen and oxygen atoms in total. The third-order valence-electron chi connectivity index (χ3n) is 1.90. The summed E-state index contributed by atoms with van der Waals surface area (Å²) in [6.45, 7) is 2.44. The Morgan fingerprint density at radius 1 is 1.54 bits per heavy atom. The van der Waals surface area contributed by atoms with Crippen molar-refractivity contribution in [3.05, 3.63) is 34.7 Å². The maximum absolute atomic E-state index is 6.01. The van der Waals surface area contributed by atoms with Crippen LogP contribution in [0.5, 0.6) is 0 Å². The van der Waals surface area contributed by atoms with Gasteiger partial charge in [0, 0.05) is 18.9 Å². The van der Waals surface area contributed by atoms with E-state index in [1.165, 1.54) is 0 Å². The van der Waals surface area contributed by atoms with Crippen LogP contribution in [0.15, 0.2) is 18.5 Å². The van der Waals surface area contributed by atoms with Gasteiger partial charge in [0.2, 0.25) is 0 Å². The predicted octanol–water partition coefficient (Wildman–Crippen LogP) is 1.75. The first-order chi connectivity index (χ1) is 6.20. The van der Waals surface area contributed by atoms with Gasteiger partial charge in [-0.15, -0.1) is 0 Å². The zero-order valence-electron chi connectivity index (χ0n) is 7.29. The molecule has 0 radical (unpaired) electrons. The topological polar surface area (TPSA) is 43.3 Å². The SMILES string of the molecule is Cc1cc(Cl)c2nc(CN)cn2c1. The second kappa shape index (κ2) is 3.01. The number of fused-ring (bicyclic) bond motifs is 1. The van der Waals surface area contributed by atoms with Crippen LogP contribution in [0.4, 0.5) is 0 Å². The van der Waals surface area contributed by atoms with Crippen molar-refractivity contribution in [3.8, 4) is 0 Å². The van der Waals surface area contributed by atoms with Crippen LogP contribution < -0.4 is 5.73 Å². The second-order valence-electron chi connectivity index (χ2n) is 3.03. The molecule has 0 saturated heterocycles. The Labute approximate surface area is 81.1 Å². The Bertz CT molecular complexity index is 447. The van der Waals surface area contributed by atoms with Crippen LogP contribution in [0.2, 0.25) is 5.02 Å². The zero-order valence-corrected chi connectivity index (χ0v) is 8.04. The number of pyridine rings is 1. The lowest BCUT2D eigenvalue weighted by atomic mass is 10.3. The molecule has 0 bridgehead atoms. The van der Waals surface area contributed by atoms with E-state index in [0.29, 0.717) is 11.6 Å². The number of imidazole rings is 1. The van der Waals surface area contributed by atoms with Gasteiger partial charge >= 0.3 is 0 Å². The van der Waals surface area contributed by atoms with Crippen LogP contribution in [0.3, 0.4) is 0 Å². The summed E-state index contributed by atoms with van der Waals surface area (Å²) < 4.78 is 1.90. The minimum Gasteiger partial charge on any atom is -0.325 e. The molecule has 2 rings (SSSR count). The number of aryl methyl sites for hydroxylation is 1. The van der Waals surface area contributed by atoms with Gasteiger partial charge in [-0.2, -0.15) is 0 Å². The van der Waals surface area contributed by atoms with E-state index in [0.717, 1.165) is 16.9 Å². The van der Waals surface area contributed by atoms with Crippen molar-refractivity contribution in [3.63, 3.8) is 0 Å².